The number of nitrogens with zero attached hydrogens (tertiary/aromatic N) is 2. The second-order valence-electron chi connectivity index (χ2n) is 5.16. The molecule has 0 amide bonds. The minimum Gasteiger partial charge on any atom is -0.508 e. The highest BCUT2D eigenvalue weighted by atomic mass is 16.3. The molecule has 0 spiro atoms. The molecule has 1 aliphatic rings. The maximum Gasteiger partial charge on any atom is 0.117 e. The molecule has 2 heterocycles. The maximum atomic E-state index is 9.57. The van der Waals surface area contributed by atoms with E-state index in [0.717, 1.165) is 18.8 Å². The van der Waals surface area contributed by atoms with E-state index in [-0.39, 0.29) is 5.75 Å². The molecule has 1 aromatic heterocycles. The van der Waals surface area contributed by atoms with E-state index in [0.29, 0.717) is 5.92 Å². The van der Waals surface area contributed by atoms with Gasteiger partial charge in [0, 0.05) is 18.3 Å². The molecule has 0 saturated carbocycles. The first-order valence-corrected chi connectivity index (χ1v) is 6.80. The van der Waals surface area contributed by atoms with Crippen LogP contribution in [0.2, 0.25) is 0 Å². The van der Waals surface area contributed by atoms with Crippen molar-refractivity contribution in [3.8, 4) is 11.4 Å². The molecule has 1 aliphatic heterocycles. The summed E-state index contributed by atoms with van der Waals surface area (Å²) in [5, 5.41) is 17.5. The van der Waals surface area contributed by atoms with Crippen molar-refractivity contribution in [2.75, 3.05) is 13.1 Å². The van der Waals surface area contributed by atoms with Gasteiger partial charge in [-0.25, -0.2) is 4.68 Å². The van der Waals surface area contributed by atoms with Gasteiger partial charge in [0.15, 0.2) is 0 Å². The molecule has 3 rings (SSSR count). The van der Waals surface area contributed by atoms with Crippen LogP contribution in [0.15, 0.2) is 30.5 Å². The Morgan fingerprint density at radius 3 is 3.05 bits per heavy atom. The van der Waals surface area contributed by atoms with Gasteiger partial charge in [-0.1, -0.05) is 6.07 Å². The molecular weight excluding hydrogens is 238 g/mol. The van der Waals surface area contributed by atoms with Crippen LogP contribution < -0.4 is 5.32 Å². The summed E-state index contributed by atoms with van der Waals surface area (Å²) in [6.45, 7) is 4.25. The summed E-state index contributed by atoms with van der Waals surface area (Å²) < 4.78 is 1.91. The molecular formula is C15H19N3O. The van der Waals surface area contributed by atoms with E-state index in [9.17, 15) is 5.11 Å². The Balaban J connectivity index is 1.94. The standard InChI is InChI=1S/C15H19N3O/c1-11-15(12-4-3-7-16-9-12)10-17-18(11)13-5-2-6-14(19)8-13/h2,5-6,8,10,12,16,19H,3-4,7,9H2,1H3. The van der Waals surface area contributed by atoms with E-state index < -0.39 is 0 Å². The number of rotatable bonds is 2. The van der Waals surface area contributed by atoms with Crippen molar-refractivity contribution in [1.82, 2.24) is 15.1 Å². The van der Waals surface area contributed by atoms with E-state index in [4.69, 9.17) is 0 Å². The van der Waals surface area contributed by atoms with E-state index in [2.05, 4.69) is 17.3 Å². The number of phenols is 1. The third-order valence-corrected chi connectivity index (χ3v) is 3.86. The van der Waals surface area contributed by atoms with Crippen LogP contribution in [0.5, 0.6) is 5.75 Å². The molecule has 1 unspecified atom stereocenters. The highest BCUT2D eigenvalue weighted by Crippen LogP contribution is 2.27. The van der Waals surface area contributed by atoms with Crippen LogP contribution in [0.3, 0.4) is 0 Å². The summed E-state index contributed by atoms with van der Waals surface area (Å²) in [7, 11) is 0. The topological polar surface area (TPSA) is 50.1 Å². The van der Waals surface area contributed by atoms with Crippen molar-refractivity contribution in [3.05, 3.63) is 41.7 Å². The number of piperidine rings is 1. The van der Waals surface area contributed by atoms with Crippen LogP contribution >= 0.6 is 0 Å². The van der Waals surface area contributed by atoms with E-state index in [1.165, 1.54) is 24.1 Å². The molecule has 19 heavy (non-hydrogen) atoms. The quantitative estimate of drug-likeness (QED) is 0.868. The van der Waals surface area contributed by atoms with Gasteiger partial charge in [-0.15, -0.1) is 0 Å². The molecule has 0 aliphatic carbocycles. The van der Waals surface area contributed by atoms with Crippen LogP contribution in [-0.4, -0.2) is 28.0 Å². The second kappa shape index (κ2) is 5.05. The van der Waals surface area contributed by atoms with E-state index in [1.807, 2.05) is 23.0 Å². The number of benzene rings is 1. The minimum atomic E-state index is 0.272. The molecule has 1 aromatic carbocycles. The number of phenolic OH excluding ortho intramolecular Hbond substituents is 1. The highest BCUT2D eigenvalue weighted by molar-refractivity contribution is 5.40. The fourth-order valence-electron chi connectivity index (χ4n) is 2.83. The van der Waals surface area contributed by atoms with Gasteiger partial charge in [0.1, 0.15) is 5.75 Å². The van der Waals surface area contributed by atoms with Crippen molar-refractivity contribution in [1.29, 1.82) is 0 Å². The lowest BCUT2D eigenvalue weighted by Gasteiger charge is -2.22. The van der Waals surface area contributed by atoms with Gasteiger partial charge in [0.2, 0.25) is 0 Å². The molecule has 4 heteroatoms. The molecule has 1 atom stereocenters. The van der Waals surface area contributed by atoms with Gasteiger partial charge >= 0.3 is 0 Å². The Kier molecular flexibility index (Phi) is 3.25. The first kappa shape index (κ1) is 12.2. The number of aromatic hydroxyl groups is 1. The zero-order valence-electron chi connectivity index (χ0n) is 11.1. The molecule has 0 radical (unpaired) electrons. The van der Waals surface area contributed by atoms with Crippen molar-refractivity contribution >= 4 is 0 Å². The molecule has 1 fully saturated rings. The van der Waals surface area contributed by atoms with E-state index in [1.54, 1.807) is 12.1 Å². The van der Waals surface area contributed by atoms with E-state index >= 15 is 0 Å². The number of hydrogen-bond donors (Lipinski definition) is 2. The lowest BCUT2D eigenvalue weighted by Crippen LogP contribution is -2.28. The summed E-state index contributed by atoms with van der Waals surface area (Å²) in [5.41, 5.74) is 3.39. The Morgan fingerprint density at radius 2 is 2.32 bits per heavy atom. The molecule has 2 aromatic rings. The van der Waals surface area contributed by atoms with Crippen LogP contribution in [0.4, 0.5) is 0 Å². The Bertz CT molecular complexity index is 571. The van der Waals surface area contributed by atoms with Crippen LogP contribution in [0.25, 0.3) is 5.69 Å². The summed E-state index contributed by atoms with van der Waals surface area (Å²) in [6, 6.07) is 7.22. The zero-order valence-corrected chi connectivity index (χ0v) is 11.1. The smallest absolute Gasteiger partial charge is 0.117 e. The van der Waals surface area contributed by atoms with Crippen molar-refractivity contribution in [2.45, 2.75) is 25.7 Å². The normalized spacial score (nSPS) is 19.5. The molecule has 100 valence electrons. The van der Waals surface area contributed by atoms with Crippen LogP contribution in [-0.2, 0) is 0 Å². The van der Waals surface area contributed by atoms with Gasteiger partial charge in [-0.2, -0.15) is 5.10 Å². The van der Waals surface area contributed by atoms with Gasteiger partial charge in [0.25, 0.3) is 0 Å². The monoisotopic (exact) mass is 257 g/mol. The summed E-state index contributed by atoms with van der Waals surface area (Å²) in [6.07, 6.45) is 4.41. The molecule has 0 bridgehead atoms. The second-order valence-corrected chi connectivity index (χ2v) is 5.16. The van der Waals surface area contributed by atoms with Gasteiger partial charge in [0.05, 0.1) is 11.9 Å². The number of aromatic nitrogens is 2. The van der Waals surface area contributed by atoms with Crippen molar-refractivity contribution < 1.29 is 5.11 Å². The Labute approximate surface area is 113 Å². The maximum absolute atomic E-state index is 9.57. The average Bonchev–Trinajstić information content (AvgIpc) is 2.81. The van der Waals surface area contributed by atoms with Crippen molar-refractivity contribution in [2.24, 2.45) is 0 Å². The van der Waals surface area contributed by atoms with Gasteiger partial charge < -0.3 is 10.4 Å². The highest BCUT2D eigenvalue weighted by Gasteiger charge is 2.20. The largest absolute Gasteiger partial charge is 0.508 e. The van der Waals surface area contributed by atoms with Crippen LogP contribution in [0.1, 0.15) is 30.0 Å². The predicted octanol–water partition coefficient (Wildman–Crippen LogP) is 2.35. The molecule has 2 N–H and O–H groups in total. The van der Waals surface area contributed by atoms with Crippen molar-refractivity contribution in [3.63, 3.8) is 0 Å². The molecule has 1 saturated heterocycles. The van der Waals surface area contributed by atoms with Gasteiger partial charge in [-0.3, -0.25) is 0 Å². The predicted molar refractivity (Wildman–Crippen MR) is 74.8 cm³/mol. The molecule has 4 nitrogen and oxygen atoms in total. The summed E-state index contributed by atoms with van der Waals surface area (Å²) in [4.78, 5) is 0. The lowest BCUT2D eigenvalue weighted by atomic mass is 9.92. The third kappa shape index (κ3) is 2.36. The minimum absolute atomic E-state index is 0.272. The van der Waals surface area contributed by atoms with Gasteiger partial charge in [-0.05, 0) is 49.9 Å². The van der Waals surface area contributed by atoms with Crippen LogP contribution in [0, 0.1) is 6.92 Å². The Morgan fingerprint density at radius 1 is 1.42 bits per heavy atom. The lowest BCUT2D eigenvalue weighted by molar-refractivity contribution is 0.460. The summed E-state index contributed by atoms with van der Waals surface area (Å²) in [5.74, 6) is 0.827. The third-order valence-electron chi connectivity index (χ3n) is 3.86. The fourth-order valence-corrected chi connectivity index (χ4v) is 2.83. The average molecular weight is 257 g/mol. The first-order chi connectivity index (χ1) is 9.25. The zero-order chi connectivity index (χ0) is 13.2. The fraction of sp³-hybridized carbons (Fsp3) is 0.400. The number of hydrogen-bond acceptors (Lipinski definition) is 3. The Hall–Kier alpha value is -1.81. The SMILES string of the molecule is Cc1c(C2CCCNC2)cnn1-c1cccc(O)c1. The summed E-state index contributed by atoms with van der Waals surface area (Å²) >= 11 is 0. The number of nitrogens with one attached hydrogen (secondary N) is 1. The first-order valence-electron chi connectivity index (χ1n) is 6.80.